The third-order valence-corrected chi connectivity index (χ3v) is 3.77. The summed E-state index contributed by atoms with van der Waals surface area (Å²) in [4.78, 5) is 24.7. The summed E-state index contributed by atoms with van der Waals surface area (Å²) in [5, 5.41) is 12.0. The van der Waals surface area contributed by atoms with E-state index in [4.69, 9.17) is 4.74 Å². The standard InChI is InChI=1S/C15H28N2O4/c1-11(2)5-8-21-9-6-16-15(20)17-7-4-12(3)10-13(17)14(18)19/h11-13H,4-10H2,1-3H3,(H,16,20)(H,18,19). The van der Waals surface area contributed by atoms with Crippen LogP contribution in [0.25, 0.3) is 0 Å². The van der Waals surface area contributed by atoms with E-state index in [0.717, 1.165) is 12.8 Å². The predicted octanol–water partition coefficient (Wildman–Crippen LogP) is 1.94. The van der Waals surface area contributed by atoms with Gasteiger partial charge in [0.15, 0.2) is 0 Å². The maximum Gasteiger partial charge on any atom is 0.326 e. The number of hydrogen-bond donors (Lipinski definition) is 2. The molecule has 0 saturated carbocycles. The number of carbonyl (C=O) groups excluding carboxylic acids is 1. The van der Waals surface area contributed by atoms with Gasteiger partial charge in [-0.15, -0.1) is 0 Å². The Kier molecular flexibility index (Phi) is 7.50. The Morgan fingerprint density at radius 2 is 2.10 bits per heavy atom. The van der Waals surface area contributed by atoms with Crippen LogP contribution in [-0.4, -0.2) is 54.4 Å². The summed E-state index contributed by atoms with van der Waals surface area (Å²) in [5.41, 5.74) is 0. The number of likely N-dealkylation sites (tertiary alicyclic amines) is 1. The van der Waals surface area contributed by atoms with Gasteiger partial charge >= 0.3 is 12.0 Å². The van der Waals surface area contributed by atoms with Crippen LogP contribution in [0.1, 0.15) is 40.0 Å². The monoisotopic (exact) mass is 300 g/mol. The highest BCUT2D eigenvalue weighted by Crippen LogP contribution is 2.22. The smallest absolute Gasteiger partial charge is 0.326 e. The maximum absolute atomic E-state index is 12.1. The summed E-state index contributed by atoms with van der Waals surface area (Å²) in [6.07, 6.45) is 2.37. The molecule has 0 bridgehead atoms. The maximum atomic E-state index is 12.1. The van der Waals surface area contributed by atoms with E-state index in [0.29, 0.717) is 44.6 Å². The summed E-state index contributed by atoms with van der Waals surface area (Å²) in [6.45, 7) is 8.34. The molecule has 6 heteroatoms. The first-order chi connectivity index (χ1) is 9.91. The number of rotatable bonds is 7. The fourth-order valence-corrected chi connectivity index (χ4v) is 2.37. The molecule has 1 saturated heterocycles. The highest BCUT2D eigenvalue weighted by Gasteiger charge is 2.34. The zero-order valence-corrected chi connectivity index (χ0v) is 13.3. The number of carboxylic acid groups (broad SMARTS) is 1. The lowest BCUT2D eigenvalue weighted by Gasteiger charge is -2.35. The SMILES string of the molecule is CC(C)CCOCCNC(=O)N1CCC(C)CC1C(=O)O. The molecule has 0 spiro atoms. The van der Waals surface area contributed by atoms with E-state index in [1.54, 1.807) is 0 Å². The first-order valence-corrected chi connectivity index (χ1v) is 7.76. The molecule has 2 N–H and O–H groups in total. The summed E-state index contributed by atoms with van der Waals surface area (Å²) < 4.78 is 5.42. The quantitative estimate of drug-likeness (QED) is 0.704. The first-order valence-electron chi connectivity index (χ1n) is 7.76. The third-order valence-electron chi connectivity index (χ3n) is 3.77. The Hall–Kier alpha value is -1.30. The van der Waals surface area contributed by atoms with Crippen LogP contribution in [0, 0.1) is 11.8 Å². The van der Waals surface area contributed by atoms with Crippen LogP contribution in [0.3, 0.4) is 0 Å². The van der Waals surface area contributed by atoms with Gasteiger partial charge in [0.25, 0.3) is 0 Å². The van der Waals surface area contributed by atoms with E-state index in [9.17, 15) is 14.7 Å². The molecule has 0 aromatic heterocycles. The number of hydrogen-bond acceptors (Lipinski definition) is 3. The van der Waals surface area contributed by atoms with E-state index in [1.807, 2.05) is 6.92 Å². The molecule has 2 atom stereocenters. The van der Waals surface area contributed by atoms with Crippen molar-refractivity contribution in [2.24, 2.45) is 11.8 Å². The molecule has 0 aliphatic carbocycles. The van der Waals surface area contributed by atoms with E-state index in [2.05, 4.69) is 19.2 Å². The molecule has 0 aromatic carbocycles. The molecule has 21 heavy (non-hydrogen) atoms. The Bertz CT molecular complexity index is 347. The first kappa shape index (κ1) is 17.8. The molecule has 122 valence electrons. The number of ether oxygens (including phenoxy) is 1. The number of nitrogens with one attached hydrogen (secondary N) is 1. The Labute approximate surface area is 126 Å². The van der Waals surface area contributed by atoms with Crippen molar-refractivity contribution in [1.82, 2.24) is 10.2 Å². The molecule has 1 aliphatic rings. The minimum absolute atomic E-state index is 0.304. The fraction of sp³-hybridized carbons (Fsp3) is 0.867. The third kappa shape index (κ3) is 6.33. The van der Waals surface area contributed by atoms with Gasteiger partial charge in [0.1, 0.15) is 6.04 Å². The van der Waals surface area contributed by atoms with Gasteiger partial charge in [-0.2, -0.15) is 0 Å². The summed E-state index contributed by atoms with van der Waals surface area (Å²) in [6, 6.07) is -1.02. The van der Waals surface area contributed by atoms with Crippen LogP contribution < -0.4 is 5.32 Å². The zero-order chi connectivity index (χ0) is 15.8. The van der Waals surface area contributed by atoms with Gasteiger partial charge in [-0.05, 0) is 31.1 Å². The van der Waals surface area contributed by atoms with Crippen molar-refractivity contribution in [2.45, 2.75) is 46.1 Å². The molecular weight excluding hydrogens is 272 g/mol. The Morgan fingerprint density at radius 3 is 2.71 bits per heavy atom. The topological polar surface area (TPSA) is 78.9 Å². The molecule has 1 fully saturated rings. The molecule has 0 aromatic rings. The van der Waals surface area contributed by atoms with Crippen LogP contribution in [-0.2, 0) is 9.53 Å². The molecular formula is C15H28N2O4. The minimum atomic E-state index is -0.926. The number of piperidine rings is 1. The van der Waals surface area contributed by atoms with E-state index in [1.165, 1.54) is 4.90 Å². The normalized spacial score (nSPS) is 22.4. The lowest BCUT2D eigenvalue weighted by molar-refractivity contribution is -0.143. The van der Waals surface area contributed by atoms with Gasteiger partial charge in [0.2, 0.25) is 0 Å². The minimum Gasteiger partial charge on any atom is -0.480 e. The van der Waals surface area contributed by atoms with E-state index < -0.39 is 12.0 Å². The van der Waals surface area contributed by atoms with Crippen molar-refractivity contribution in [2.75, 3.05) is 26.3 Å². The van der Waals surface area contributed by atoms with E-state index in [-0.39, 0.29) is 6.03 Å². The van der Waals surface area contributed by atoms with Crippen molar-refractivity contribution < 1.29 is 19.4 Å². The summed E-state index contributed by atoms with van der Waals surface area (Å²) >= 11 is 0. The number of carboxylic acids is 1. The number of carbonyl (C=O) groups is 2. The molecule has 2 unspecified atom stereocenters. The summed E-state index contributed by atoms with van der Waals surface area (Å²) in [5.74, 6) is 0.0191. The number of aliphatic carboxylic acids is 1. The highest BCUT2D eigenvalue weighted by molar-refractivity contribution is 5.82. The molecule has 1 rings (SSSR count). The molecule has 1 heterocycles. The van der Waals surface area contributed by atoms with Crippen LogP contribution in [0.15, 0.2) is 0 Å². The molecule has 6 nitrogen and oxygen atoms in total. The molecule has 2 amide bonds. The Morgan fingerprint density at radius 1 is 1.38 bits per heavy atom. The molecule has 1 aliphatic heterocycles. The second-order valence-corrected chi connectivity index (χ2v) is 6.20. The second kappa shape index (κ2) is 8.87. The second-order valence-electron chi connectivity index (χ2n) is 6.20. The van der Waals surface area contributed by atoms with Crippen molar-refractivity contribution >= 4 is 12.0 Å². The average molecular weight is 300 g/mol. The lowest BCUT2D eigenvalue weighted by Crippen LogP contribution is -2.53. The fourth-order valence-electron chi connectivity index (χ4n) is 2.37. The van der Waals surface area contributed by atoms with Gasteiger partial charge in [-0.1, -0.05) is 20.8 Å². The van der Waals surface area contributed by atoms with Crippen LogP contribution in [0.4, 0.5) is 4.79 Å². The zero-order valence-electron chi connectivity index (χ0n) is 13.3. The number of nitrogens with zero attached hydrogens (tertiary/aromatic N) is 1. The van der Waals surface area contributed by atoms with Gasteiger partial charge < -0.3 is 20.1 Å². The van der Waals surface area contributed by atoms with Gasteiger partial charge in [0.05, 0.1) is 6.61 Å². The van der Waals surface area contributed by atoms with Gasteiger partial charge in [-0.3, -0.25) is 0 Å². The van der Waals surface area contributed by atoms with Crippen LogP contribution in [0.2, 0.25) is 0 Å². The lowest BCUT2D eigenvalue weighted by atomic mass is 9.93. The van der Waals surface area contributed by atoms with Gasteiger partial charge in [0, 0.05) is 19.7 Å². The highest BCUT2D eigenvalue weighted by atomic mass is 16.5. The van der Waals surface area contributed by atoms with E-state index >= 15 is 0 Å². The van der Waals surface area contributed by atoms with Crippen LogP contribution >= 0.6 is 0 Å². The van der Waals surface area contributed by atoms with Crippen molar-refractivity contribution in [1.29, 1.82) is 0 Å². The largest absolute Gasteiger partial charge is 0.480 e. The average Bonchev–Trinajstić information content (AvgIpc) is 2.41. The molecule has 0 radical (unpaired) electrons. The Balaban J connectivity index is 2.28. The van der Waals surface area contributed by atoms with Crippen molar-refractivity contribution in [3.8, 4) is 0 Å². The number of urea groups is 1. The number of amides is 2. The summed E-state index contributed by atoms with van der Waals surface area (Å²) in [7, 11) is 0. The van der Waals surface area contributed by atoms with Crippen molar-refractivity contribution in [3.05, 3.63) is 0 Å². The van der Waals surface area contributed by atoms with Crippen molar-refractivity contribution in [3.63, 3.8) is 0 Å². The predicted molar refractivity (Wildman–Crippen MR) is 80.2 cm³/mol. The van der Waals surface area contributed by atoms with Gasteiger partial charge in [-0.25, -0.2) is 9.59 Å². The van der Waals surface area contributed by atoms with Crippen LogP contribution in [0.5, 0.6) is 0 Å².